The van der Waals surface area contributed by atoms with E-state index in [4.69, 9.17) is 9.47 Å². The zero-order chi connectivity index (χ0) is 20.5. The van der Waals surface area contributed by atoms with Gasteiger partial charge in [-0.05, 0) is 36.4 Å². The molecule has 0 radical (unpaired) electrons. The summed E-state index contributed by atoms with van der Waals surface area (Å²) in [6, 6.07) is 11.8. The number of carbonyl (C=O) groups excluding carboxylic acids is 2. The second-order valence-electron chi connectivity index (χ2n) is 7.27. The molecule has 2 atom stereocenters. The summed E-state index contributed by atoms with van der Waals surface area (Å²) < 4.78 is 10.6. The first kappa shape index (κ1) is 19.5. The van der Waals surface area contributed by atoms with E-state index >= 15 is 0 Å². The molecule has 150 valence electrons. The van der Waals surface area contributed by atoms with E-state index in [2.05, 4.69) is 5.32 Å². The van der Waals surface area contributed by atoms with Crippen LogP contribution in [-0.2, 0) is 14.3 Å². The predicted octanol–water partition coefficient (Wildman–Crippen LogP) is 4.29. The number of esters is 1. The van der Waals surface area contributed by atoms with Gasteiger partial charge in [0.05, 0.1) is 25.7 Å². The smallest absolute Gasteiger partial charge is 0.336 e. The first-order chi connectivity index (χ1) is 14.0. The van der Waals surface area contributed by atoms with Crippen LogP contribution in [0.15, 0.2) is 64.3 Å². The number of allylic oxidation sites excluding steroid dienone is 3. The quantitative estimate of drug-likeness (QED) is 0.763. The molecule has 0 amide bonds. The van der Waals surface area contributed by atoms with Gasteiger partial charge >= 0.3 is 5.97 Å². The highest BCUT2D eigenvalue weighted by atomic mass is 32.1. The van der Waals surface area contributed by atoms with Gasteiger partial charge in [0, 0.05) is 34.2 Å². The maximum atomic E-state index is 13.4. The second-order valence-corrected chi connectivity index (χ2v) is 8.25. The first-order valence-corrected chi connectivity index (χ1v) is 10.4. The molecule has 0 saturated heterocycles. The number of hydrogen-bond acceptors (Lipinski definition) is 6. The lowest BCUT2D eigenvalue weighted by Crippen LogP contribution is -2.35. The molecule has 1 aromatic heterocycles. The highest BCUT2D eigenvalue weighted by Crippen LogP contribution is 2.47. The maximum Gasteiger partial charge on any atom is 0.336 e. The van der Waals surface area contributed by atoms with Crippen molar-refractivity contribution in [2.45, 2.75) is 31.6 Å². The number of ketones is 1. The number of Topliss-reactive ketones (excluding diaryl/α,β-unsaturated/α-hetero) is 1. The van der Waals surface area contributed by atoms with Crippen molar-refractivity contribution in [1.82, 2.24) is 5.32 Å². The summed E-state index contributed by atoms with van der Waals surface area (Å²) in [5, 5.41) is 5.31. The van der Waals surface area contributed by atoms with Crippen molar-refractivity contribution < 1.29 is 19.1 Å². The average molecular weight is 410 g/mol. The summed E-state index contributed by atoms with van der Waals surface area (Å²) in [7, 11) is 3.02. The van der Waals surface area contributed by atoms with Gasteiger partial charge in [-0.2, -0.15) is 0 Å². The minimum absolute atomic E-state index is 0.0290. The molecule has 0 bridgehead atoms. The molecule has 1 aliphatic carbocycles. The summed E-state index contributed by atoms with van der Waals surface area (Å²) in [6.45, 7) is 1.87. The Morgan fingerprint density at radius 1 is 1.14 bits per heavy atom. The fourth-order valence-electron chi connectivity index (χ4n) is 4.38. The zero-order valence-corrected chi connectivity index (χ0v) is 17.5. The molecule has 6 heteroatoms. The van der Waals surface area contributed by atoms with Gasteiger partial charge in [-0.15, -0.1) is 11.3 Å². The molecule has 2 aliphatic rings. The lowest BCUT2D eigenvalue weighted by atomic mass is 9.73. The molecule has 4 rings (SSSR count). The Kier molecular flexibility index (Phi) is 5.28. The summed E-state index contributed by atoms with van der Waals surface area (Å²) in [6.07, 6.45) is 1.07. The molecular weight excluding hydrogens is 386 g/mol. The minimum Gasteiger partial charge on any atom is -0.496 e. The van der Waals surface area contributed by atoms with Gasteiger partial charge in [0.25, 0.3) is 0 Å². The van der Waals surface area contributed by atoms with Crippen LogP contribution < -0.4 is 10.1 Å². The number of thiophene rings is 1. The average Bonchev–Trinajstić information content (AvgIpc) is 3.26. The van der Waals surface area contributed by atoms with E-state index in [0.29, 0.717) is 24.0 Å². The van der Waals surface area contributed by atoms with Crippen LogP contribution in [0.1, 0.15) is 42.0 Å². The Labute approximate surface area is 174 Å². The third-order valence-electron chi connectivity index (χ3n) is 5.64. The van der Waals surface area contributed by atoms with Crippen molar-refractivity contribution in [2.24, 2.45) is 0 Å². The van der Waals surface area contributed by atoms with Gasteiger partial charge in [-0.25, -0.2) is 4.79 Å². The Morgan fingerprint density at radius 2 is 1.93 bits per heavy atom. The summed E-state index contributed by atoms with van der Waals surface area (Å²) >= 11 is 1.55. The van der Waals surface area contributed by atoms with Crippen molar-refractivity contribution in [3.8, 4) is 5.75 Å². The molecule has 1 aromatic carbocycles. The number of carbonyl (C=O) groups is 2. The van der Waals surface area contributed by atoms with Gasteiger partial charge in [0.1, 0.15) is 5.75 Å². The van der Waals surface area contributed by atoms with Crippen LogP contribution in [0.2, 0.25) is 0 Å². The van der Waals surface area contributed by atoms with Crippen molar-refractivity contribution in [3.63, 3.8) is 0 Å². The molecule has 0 fully saturated rings. The third-order valence-corrected chi connectivity index (χ3v) is 6.58. The largest absolute Gasteiger partial charge is 0.496 e. The number of hydrogen-bond donors (Lipinski definition) is 1. The Balaban J connectivity index is 1.79. The predicted molar refractivity (Wildman–Crippen MR) is 112 cm³/mol. The molecule has 1 N–H and O–H groups in total. The second kappa shape index (κ2) is 7.87. The highest BCUT2D eigenvalue weighted by Gasteiger charge is 2.42. The maximum absolute atomic E-state index is 13.4. The Bertz CT molecular complexity index is 1020. The lowest BCUT2D eigenvalue weighted by Gasteiger charge is -2.36. The third kappa shape index (κ3) is 3.38. The highest BCUT2D eigenvalue weighted by molar-refractivity contribution is 7.10. The summed E-state index contributed by atoms with van der Waals surface area (Å²) in [5.41, 5.74) is 3.86. The van der Waals surface area contributed by atoms with Gasteiger partial charge in [-0.1, -0.05) is 24.3 Å². The molecule has 2 heterocycles. The van der Waals surface area contributed by atoms with Crippen LogP contribution in [0, 0.1) is 0 Å². The van der Waals surface area contributed by atoms with Crippen molar-refractivity contribution >= 4 is 23.1 Å². The van der Waals surface area contributed by atoms with Crippen LogP contribution in [-0.4, -0.2) is 26.0 Å². The van der Waals surface area contributed by atoms with Crippen molar-refractivity contribution in [3.05, 3.63) is 74.8 Å². The van der Waals surface area contributed by atoms with E-state index in [1.807, 2.05) is 48.7 Å². The Morgan fingerprint density at radius 3 is 2.62 bits per heavy atom. The first-order valence-electron chi connectivity index (χ1n) is 9.53. The number of benzene rings is 1. The van der Waals surface area contributed by atoms with Crippen LogP contribution in [0.3, 0.4) is 0 Å². The van der Waals surface area contributed by atoms with E-state index in [9.17, 15) is 9.59 Å². The molecule has 5 nitrogen and oxygen atoms in total. The number of para-hydroxylation sites is 1. The van der Waals surface area contributed by atoms with Crippen LogP contribution >= 0.6 is 11.3 Å². The molecule has 0 spiro atoms. The molecule has 0 unspecified atom stereocenters. The number of nitrogens with one attached hydrogen (secondary N) is 1. The van der Waals surface area contributed by atoms with Gasteiger partial charge in [0.15, 0.2) is 5.78 Å². The summed E-state index contributed by atoms with van der Waals surface area (Å²) in [4.78, 5) is 26.9. The van der Waals surface area contributed by atoms with E-state index in [0.717, 1.165) is 27.6 Å². The number of methoxy groups -OCH3 is 2. The Hall–Kier alpha value is -2.86. The van der Waals surface area contributed by atoms with Gasteiger partial charge < -0.3 is 14.8 Å². The SMILES string of the molecule is COC(=O)C1=C(C)NC2=C(C(=O)C[C@@H](c3ccccc3OC)C2)[C@H]1c1cccs1. The normalized spacial score (nSPS) is 21.6. The van der Waals surface area contributed by atoms with E-state index in [1.54, 1.807) is 18.4 Å². The number of rotatable bonds is 4. The minimum atomic E-state index is -0.403. The zero-order valence-electron chi connectivity index (χ0n) is 16.7. The number of ether oxygens (including phenoxy) is 2. The molecule has 2 aromatic rings. The van der Waals surface area contributed by atoms with Gasteiger partial charge in [-0.3, -0.25) is 4.79 Å². The number of dihydropyridines is 1. The van der Waals surface area contributed by atoms with Crippen molar-refractivity contribution in [2.75, 3.05) is 14.2 Å². The van der Waals surface area contributed by atoms with Crippen molar-refractivity contribution in [1.29, 1.82) is 0 Å². The standard InChI is InChI=1S/C23H23NO4S/c1-13-20(23(26)28-3)22(19-9-6-10-29-19)21-16(24-13)11-14(12-17(21)25)15-7-4-5-8-18(15)27-2/h4-10,14,22,24H,11-12H2,1-3H3/t14-,22-/m0/s1. The van der Waals surface area contributed by atoms with E-state index in [-0.39, 0.29) is 17.6 Å². The van der Waals surface area contributed by atoms with Gasteiger partial charge in [0.2, 0.25) is 0 Å². The topological polar surface area (TPSA) is 64.6 Å². The summed E-state index contributed by atoms with van der Waals surface area (Å²) in [5.74, 6) is 0.0928. The fourth-order valence-corrected chi connectivity index (χ4v) is 5.23. The van der Waals surface area contributed by atoms with E-state index in [1.165, 1.54) is 7.11 Å². The molecule has 1 aliphatic heterocycles. The molecule has 0 saturated carbocycles. The molecule has 29 heavy (non-hydrogen) atoms. The van der Waals surface area contributed by atoms with Crippen LogP contribution in [0.25, 0.3) is 0 Å². The lowest BCUT2D eigenvalue weighted by molar-refractivity contribution is -0.136. The van der Waals surface area contributed by atoms with Crippen LogP contribution in [0.5, 0.6) is 5.75 Å². The fraction of sp³-hybridized carbons (Fsp3) is 0.304. The molecular formula is C23H23NO4S. The van der Waals surface area contributed by atoms with Crippen LogP contribution in [0.4, 0.5) is 0 Å². The van der Waals surface area contributed by atoms with E-state index < -0.39 is 5.97 Å². The monoisotopic (exact) mass is 409 g/mol.